The molecule has 0 aliphatic rings. The van der Waals surface area contributed by atoms with Crippen molar-refractivity contribution in [2.24, 2.45) is 10.6 Å². The Labute approximate surface area is 202 Å². The summed E-state index contributed by atoms with van der Waals surface area (Å²) in [4.78, 5) is 0. The maximum absolute atomic E-state index is 14.2. The molecule has 0 amide bonds. The van der Waals surface area contributed by atoms with Gasteiger partial charge in [-0.25, -0.2) is 16.5 Å². The number of hydrogen-bond donors (Lipinski definition) is 2. The van der Waals surface area contributed by atoms with E-state index >= 15 is 0 Å². The van der Waals surface area contributed by atoms with Gasteiger partial charge >= 0.3 is 31.1 Å². The van der Waals surface area contributed by atoms with Crippen LogP contribution in [0.15, 0.2) is 54.2 Å². The Kier molecular flexibility index (Phi) is 9.81. The second-order valence-electron chi connectivity index (χ2n) is 7.65. The predicted molar refractivity (Wildman–Crippen MR) is 117 cm³/mol. The zero-order valence-corrected chi connectivity index (χ0v) is 21.9. The van der Waals surface area contributed by atoms with Gasteiger partial charge in [-0.15, -0.1) is 12.5 Å². The third kappa shape index (κ3) is 6.72. The third-order valence-corrected chi connectivity index (χ3v) is 4.33. The number of benzene rings is 2. The van der Waals surface area contributed by atoms with E-state index in [1.807, 2.05) is 13.0 Å². The van der Waals surface area contributed by atoms with Crippen LogP contribution in [0.1, 0.15) is 56.4 Å². The van der Waals surface area contributed by atoms with Crippen LogP contribution in [0, 0.1) is 54.5 Å². The topological polar surface area (TPSA) is 52.8 Å². The summed E-state index contributed by atoms with van der Waals surface area (Å²) in [7, 11) is 0. The molecule has 0 fully saturated rings. The normalized spacial score (nSPS) is 12.7. The van der Waals surface area contributed by atoms with Crippen molar-refractivity contribution in [1.82, 2.24) is 0 Å². The van der Waals surface area contributed by atoms with Gasteiger partial charge in [-0.3, -0.25) is 11.1 Å². The number of aliphatic hydroxyl groups excluding tert-OH is 1. The van der Waals surface area contributed by atoms with Crippen LogP contribution in [0.3, 0.4) is 0 Å². The molecule has 0 bridgehead atoms. The molecular formula is C25H26FNO2U. The van der Waals surface area contributed by atoms with Crippen molar-refractivity contribution >= 4 is 23.1 Å². The average Bonchev–Trinajstić information content (AvgIpc) is 2.66. The van der Waals surface area contributed by atoms with Crippen molar-refractivity contribution in [2.45, 2.75) is 34.1 Å². The summed E-state index contributed by atoms with van der Waals surface area (Å²) in [5.74, 6) is -0.708. The van der Waals surface area contributed by atoms with Crippen LogP contribution < -0.4 is 0 Å². The molecule has 0 unspecified atom stereocenters. The Balaban J connectivity index is 0.00000450. The summed E-state index contributed by atoms with van der Waals surface area (Å²) < 4.78 is 14.2. The molecule has 2 rings (SSSR count). The molecule has 5 heteroatoms. The monoisotopic (exact) mass is 629 g/mol. The first kappa shape index (κ1) is 25.9. The molecule has 0 aliphatic heterocycles. The molecule has 0 atom stereocenters. The summed E-state index contributed by atoms with van der Waals surface area (Å²) in [6.45, 7) is 11.8. The second-order valence-corrected chi connectivity index (χ2v) is 7.65. The first-order valence-electron chi connectivity index (χ1n) is 9.39. The summed E-state index contributed by atoms with van der Waals surface area (Å²) >= 11 is 0. The summed E-state index contributed by atoms with van der Waals surface area (Å²) in [6, 6.07) is 13.0. The van der Waals surface area contributed by atoms with Gasteiger partial charge in [-0.2, -0.15) is 6.07 Å². The minimum atomic E-state index is -0.510. The SMILES string of the molecule is C=C(O)c1ccc(/C=C/C(=N/O)c2cc[c-]c(C(=[C-]CC)C(C)(C)C)c2)c(F)c1.[U+2]. The van der Waals surface area contributed by atoms with Gasteiger partial charge in [0.1, 0.15) is 11.6 Å². The maximum Gasteiger partial charge on any atom is 2.00 e. The molecule has 154 valence electrons. The van der Waals surface area contributed by atoms with Gasteiger partial charge in [0.15, 0.2) is 0 Å². The first-order valence-corrected chi connectivity index (χ1v) is 9.39. The van der Waals surface area contributed by atoms with E-state index in [2.05, 4.69) is 44.6 Å². The van der Waals surface area contributed by atoms with E-state index in [-0.39, 0.29) is 42.3 Å². The Hall–Kier alpha value is -2.09. The Morgan fingerprint density at radius 1 is 1.23 bits per heavy atom. The van der Waals surface area contributed by atoms with E-state index in [1.54, 1.807) is 18.2 Å². The fourth-order valence-corrected chi connectivity index (χ4v) is 2.91. The average molecular weight is 630 g/mol. The minimum Gasteiger partial charge on any atom is -0.508 e. The zero-order valence-electron chi connectivity index (χ0n) is 17.8. The molecule has 3 nitrogen and oxygen atoms in total. The number of hydrogen-bond acceptors (Lipinski definition) is 3. The van der Waals surface area contributed by atoms with Crippen LogP contribution in [0.2, 0.25) is 0 Å². The van der Waals surface area contributed by atoms with Crippen LogP contribution in [-0.2, 0) is 0 Å². The van der Waals surface area contributed by atoms with Gasteiger partial charge in [-0.05, 0) is 18.2 Å². The quantitative estimate of drug-likeness (QED) is 0.123. The molecule has 0 heterocycles. The van der Waals surface area contributed by atoms with Crippen LogP contribution in [0.25, 0.3) is 17.4 Å². The number of rotatable bonds is 6. The minimum absolute atomic E-state index is 0. The number of allylic oxidation sites excluding steroid dienone is 3. The molecule has 30 heavy (non-hydrogen) atoms. The zero-order chi connectivity index (χ0) is 21.6. The standard InChI is InChI=1S/C25H26FNO2.U/c1-6-8-22(25(3,4)5)20-9-7-10-21(15-20)24(27-29)14-13-18-11-12-19(17(2)28)16-23(18)26;/h7,10-16,28-29H,2,6H2,1,3-5H3;/q-2;+2/b14-13+,27-24-;. The molecule has 2 N–H and O–H groups in total. The van der Waals surface area contributed by atoms with Gasteiger partial charge in [0.05, 0.1) is 5.71 Å². The molecule has 0 aromatic heterocycles. The van der Waals surface area contributed by atoms with Crippen LogP contribution in [0.5, 0.6) is 0 Å². The van der Waals surface area contributed by atoms with Crippen LogP contribution in [0.4, 0.5) is 4.39 Å². The molecule has 0 saturated heterocycles. The van der Waals surface area contributed by atoms with E-state index in [1.165, 1.54) is 24.3 Å². The third-order valence-electron chi connectivity index (χ3n) is 4.33. The van der Waals surface area contributed by atoms with E-state index < -0.39 is 5.82 Å². The van der Waals surface area contributed by atoms with E-state index in [9.17, 15) is 14.7 Å². The van der Waals surface area contributed by atoms with Gasteiger partial charge in [0, 0.05) is 11.1 Å². The molecule has 0 radical (unpaired) electrons. The van der Waals surface area contributed by atoms with Crippen LogP contribution >= 0.6 is 0 Å². The Morgan fingerprint density at radius 3 is 2.47 bits per heavy atom. The Morgan fingerprint density at radius 2 is 1.93 bits per heavy atom. The van der Waals surface area contributed by atoms with Crippen LogP contribution in [-0.4, -0.2) is 16.0 Å². The number of aliphatic hydroxyl groups is 1. The predicted octanol–water partition coefficient (Wildman–Crippen LogP) is 6.69. The van der Waals surface area contributed by atoms with E-state index in [4.69, 9.17) is 0 Å². The smallest absolute Gasteiger partial charge is 0.508 e. The first-order chi connectivity index (χ1) is 13.7. The summed E-state index contributed by atoms with van der Waals surface area (Å²) in [5.41, 5.74) is 3.38. The van der Waals surface area contributed by atoms with Crippen molar-refractivity contribution in [3.8, 4) is 0 Å². The van der Waals surface area contributed by atoms with Gasteiger partial charge in [0.25, 0.3) is 0 Å². The van der Waals surface area contributed by atoms with Gasteiger partial charge < -0.3 is 16.4 Å². The molecular weight excluding hydrogens is 603 g/mol. The van der Waals surface area contributed by atoms with Crippen molar-refractivity contribution in [3.05, 3.63) is 89.3 Å². The van der Waals surface area contributed by atoms with Crippen molar-refractivity contribution in [3.63, 3.8) is 0 Å². The fraction of sp³-hybridized carbons (Fsp3) is 0.240. The summed E-state index contributed by atoms with van der Waals surface area (Å²) in [6.07, 6.45) is 7.22. The van der Waals surface area contributed by atoms with Gasteiger partial charge in [-0.1, -0.05) is 62.5 Å². The van der Waals surface area contributed by atoms with Crippen molar-refractivity contribution < 1.29 is 45.8 Å². The maximum atomic E-state index is 14.2. The molecule has 0 aliphatic carbocycles. The van der Waals surface area contributed by atoms with E-state index in [0.29, 0.717) is 22.4 Å². The fourth-order valence-electron chi connectivity index (χ4n) is 2.91. The van der Waals surface area contributed by atoms with Gasteiger partial charge in [0.2, 0.25) is 0 Å². The number of oxime groups is 1. The molecule has 0 saturated carbocycles. The summed E-state index contributed by atoms with van der Waals surface area (Å²) in [5, 5.41) is 22.2. The molecule has 0 spiro atoms. The van der Waals surface area contributed by atoms with Crippen molar-refractivity contribution in [1.29, 1.82) is 0 Å². The molecule has 2 aromatic rings. The Bertz CT molecular complexity index is 985. The molecule has 2 aromatic carbocycles. The van der Waals surface area contributed by atoms with E-state index in [0.717, 1.165) is 17.6 Å². The number of halogens is 1. The van der Waals surface area contributed by atoms with Crippen molar-refractivity contribution in [2.75, 3.05) is 0 Å². The largest absolute Gasteiger partial charge is 2.00 e. The second kappa shape index (κ2) is 11.3. The number of nitrogens with zero attached hydrogens (tertiary/aromatic N) is 1.